The van der Waals surface area contributed by atoms with Crippen LogP contribution < -0.4 is 15.8 Å². The highest BCUT2D eigenvalue weighted by molar-refractivity contribution is 6.10. The summed E-state index contributed by atoms with van der Waals surface area (Å²) in [6.45, 7) is 0.804. The highest BCUT2D eigenvalue weighted by Crippen LogP contribution is 2.28. The molecule has 5 aromatic rings. The van der Waals surface area contributed by atoms with Crippen molar-refractivity contribution in [1.82, 2.24) is 19.9 Å². The van der Waals surface area contributed by atoms with Gasteiger partial charge in [-0.3, -0.25) is 4.79 Å². The number of nitrogens with two attached hydrogens (primary N) is 1. The lowest BCUT2D eigenvalue weighted by Crippen LogP contribution is -2.26. The number of rotatable bonds is 7. The van der Waals surface area contributed by atoms with Crippen LogP contribution in [0.2, 0.25) is 0 Å². The van der Waals surface area contributed by atoms with Gasteiger partial charge in [-0.2, -0.15) is 0 Å². The third-order valence-electron chi connectivity index (χ3n) is 5.57. The number of nitrogens with zero attached hydrogens (tertiary/aromatic N) is 3. The first-order valence-electron chi connectivity index (χ1n) is 10.6. The molecule has 33 heavy (non-hydrogen) atoms. The molecule has 2 aromatic carbocycles. The molecule has 3 N–H and O–H groups in total. The Hall–Kier alpha value is -4.33. The van der Waals surface area contributed by atoms with E-state index >= 15 is 0 Å². The number of hydrogen-bond acceptors (Lipinski definition) is 6. The van der Waals surface area contributed by atoms with E-state index in [-0.39, 0.29) is 5.91 Å². The molecule has 0 aliphatic rings. The number of methoxy groups -OCH3 is 1. The maximum atomic E-state index is 13.2. The van der Waals surface area contributed by atoms with E-state index in [4.69, 9.17) is 24.9 Å². The van der Waals surface area contributed by atoms with Crippen molar-refractivity contribution < 1.29 is 13.9 Å². The third kappa shape index (κ3) is 3.98. The van der Waals surface area contributed by atoms with Crippen LogP contribution in [0.25, 0.3) is 22.2 Å². The predicted molar refractivity (Wildman–Crippen MR) is 126 cm³/mol. The van der Waals surface area contributed by atoms with E-state index in [1.807, 2.05) is 60.7 Å². The van der Waals surface area contributed by atoms with E-state index in [9.17, 15) is 4.79 Å². The molecular formula is C25H23N5O3. The first-order valence-corrected chi connectivity index (χ1v) is 10.6. The standard InChI is InChI=1S/C25H23N5O3/c1-32-17-10-8-16(9-11-17)12-13-27-25(31)21-22-24(29-20-7-3-2-6-19(20)28-22)30(23(21)26)15-18-5-4-14-33-18/h2-11,14H,12-13,15,26H2,1H3,(H,27,31). The molecule has 166 valence electrons. The van der Waals surface area contributed by atoms with Gasteiger partial charge in [-0.15, -0.1) is 0 Å². The zero-order chi connectivity index (χ0) is 22.8. The van der Waals surface area contributed by atoms with Crippen molar-refractivity contribution >= 4 is 33.9 Å². The number of amides is 1. The van der Waals surface area contributed by atoms with Gasteiger partial charge in [0.25, 0.3) is 5.91 Å². The van der Waals surface area contributed by atoms with Crippen LogP contribution in [0.4, 0.5) is 5.82 Å². The van der Waals surface area contributed by atoms with Crippen LogP contribution in [-0.2, 0) is 13.0 Å². The number of benzene rings is 2. The second-order valence-electron chi connectivity index (χ2n) is 7.66. The molecule has 0 saturated heterocycles. The average molecular weight is 441 g/mol. The van der Waals surface area contributed by atoms with E-state index < -0.39 is 0 Å². The largest absolute Gasteiger partial charge is 0.497 e. The van der Waals surface area contributed by atoms with Crippen molar-refractivity contribution in [2.75, 3.05) is 19.4 Å². The van der Waals surface area contributed by atoms with Gasteiger partial charge in [0, 0.05) is 6.54 Å². The molecule has 1 amide bonds. The lowest BCUT2D eigenvalue weighted by molar-refractivity contribution is 0.0956. The van der Waals surface area contributed by atoms with Gasteiger partial charge in [0.05, 0.1) is 31.0 Å². The average Bonchev–Trinajstić information content (AvgIpc) is 3.44. The van der Waals surface area contributed by atoms with Crippen LogP contribution in [-0.4, -0.2) is 34.1 Å². The summed E-state index contributed by atoms with van der Waals surface area (Å²) < 4.78 is 12.5. The minimum atomic E-state index is -0.284. The Kier molecular flexibility index (Phi) is 5.40. The molecule has 0 bridgehead atoms. The molecule has 0 radical (unpaired) electrons. The van der Waals surface area contributed by atoms with Gasteiger partial charge in [-0.05, 0) is 48.4 Å². The fraction of sp³-hybridized carbons (Fsp3) is 0.160. The number of ether oxygens (including phenoxy) is 1. The number of nitrogens with one attached hydrogen (secondary N) is 1. The first-order chi connectivity index (χ1) is 16.1. The molecule has 0 saturated carbocycles. The number of para-hydroxylation sites is 2. The summed E-state index contributed by atoms with van der Waals surface area (Å²) in [5, 5.41) is 2.97. The van der Waals surface area contributed by atoms with Gasteiger partial charge in [0.2, 0.25) is 0 Å². The summed E-state index contributed by atoms with van der Waals surface area (Å²) in [5.41, 5.74) is 10.3. The molecule has 0 unspecified atom stereocenters. The van der Waals surface area contributed by atoms with Gasteiger partial charge in [0.15, 0.2) is 5.65 Å². The Labute approximate surface area is 190 Å². The fourth-order valence-corrected chi connectivity index (χ4v) is 3.86. The van der Waals surface area contributed by atoms with Crippen LogP contribution in [0.1, 0.15) is 21.7 Å². The maximum absolute atomic E-state index is 13.2. The molecular weight excluding hydrogens is 418 g/mol. The number of furan rings is 1. The van der Waals surface area contributed by atoms with Gasteiger partial charge in [0.1, 0.15) is 28.4 Å². The summed E-state index contributed by atoms with van der Waals surface area (Å²) in [6, 6.07) is 19.0. The number of hydrogen-bond donors (Lipinski definition) is 2. The number of carbonyl (C=O) groups excluding carboxylic acids is 1. The Morgan fingerprint density at radius 2 is 1.82 bits per heavy atom. The highest BCUT2D eigenvalue weighted by Gasteiger charge is 2.24. The number of aromatic nitrogens is 3. The Balaban J connectivity index is 1.47. The third-order valence-corrected chi connectivity index (χ3v) is 5.57. The van der Waals surface area contributed by atoms with Gasteiger partial charge >= 0.3 is 0 Å². The zero-order valence-electron chi connectivity index (χ0n) is 18.1. The quantitative estimate of drug-likeness (QED) is 0.398. The lowest BCUT2D eigenvalue weighted by Gasteiger charge is -2.07. The summed E-state index contributed by atoms with van der Waals surface area (Å²) in [5.74, 6) is 1.53. The number of nitrogen functional groups attached to an aromatic ring is 1. The van der Waals surface area contributed by atoms with Crippen molar-refractivity contribution in [1.29, 1.82) is 0 Å². The molecule has 8 heteroatoms. The van der Waals surface area contributed by atoms with Crippen molar-refractivity contribution in [3.8, 4) is 5.75 Å². The second kappa shape index (κ2) is 8.66. The van der Waals surface area contributed by atoms with E-state index in [1.165, 1.54) is 0 Å². The van der Waals surface area contributed by atoms with Crippen LogP contribution >= 0.6 is 0 Å². The normalized spacial score (nSPS) is 11.2. The topological polar surface area (TPSA) is 108 Å². The minimum Gasteiger partial charge on any atom is -0.497 e. The van der Waals surface area contributed by atoms with Crippen LogP contribution in [0.5, 0.6) is 5.75 Å². The molecule has 0 atom stereocenters. The molecule has 0 fully saturated rings. The van der Waals surface area contributed by atoms with Crippen molar-refractivity contribution in [2.45, 2.75) is 13.0 Å². The SMILES string of the molecule is COc1ccc(CCNC(=O)c2c(N)n(Cc3ccco3)c3nc4ccccc4nc23)cc1. The lowest BCUT2D eigenvalue weighted by atomic mass is 10.1. The minimum absolute atomic E-state index is 0.284. The van der Waals surface area contributed by atoms with Crippen molar-refractivity contribution in [2.24, 2.45) is 0 Å². The van der Waals surface area contributed by atoms with Crippen LogP contribution in [0.15, 0.2) is 71.3 Å². The fourth-order valence-electron chi connectivity index (χ4n) is 3.86. The number of fused-ring (bicyclic) bond motifs is 2. The predicted octanol–water partition coefficient (Wildman–Crippen LogP) is 3.79. The van der Waals surface area contributed by atoms with Crippen LogP contribution in [0.3, 0.4) is 0 Å². The molecule has 8 nitrogen and oxygen atoms in total. The summed E-state index contributed by atoms with van der Waals surface area (Å²) in [6.07, 6.45) is 2.28. The molecule has 0 spiro atoms. The molecule has 5 rings (SSSR count). The van der Waals surface area contributed by atoms with E-state index in [0.29, 0.717) is 53.3 Å². The van der Waals surface area contributed by atoms with E-state index in [0.717, 1.165) is 16.8 Å². The number of carbonyl (C=O) groups is 1. The summed E-state index contributed by atoms with van der Waals surface area (Å²) in [7, 11) is 1.63. The first kappa shape index (κ1) is 20.6. The highest BCUT2D eigenvalue weighted by atomic mass is 16.5. The van der Waals surface area contributed by atoms with Gasteiger partial charge in [-0.1, -0.05) is 24.3 Å². The Morgan fingerprint density at radius 1 is 1.06 bits per heavy atom. The maximum Gasteiger partial charge on any atom is 0.257 e. The second-order valence-corrected chi connectivity index (χ2v) is 7.66. The van der Waals surface area contributed by atoms with Crippen LogP contribution in [0, 0.1) is 0 Å². The van der Waals surface area contributed by atoms with E-state index in [2.05, 4.69) is 5.32 Å². The molecule has 0 aliphatic heterocycles. The van der Waals surface area contributed by atoms with Gasteiger partial charge in [-0.25, -0.2) is 9.97 Å². The smallest absolute Gasteiger partial charge is 0.257 e. The molecule has 3 aromatic heterocycles. The molecule has 0 aliphatic carbocycles. The van der Waals surface area contributed by atoms with Crippen molar-refractivity contribution in [3.05, 3.63) is 83.8 Å². The zero-order valence-corrected chi connectivity index (χ0v) is 18.1. The summed E-state index contributed by atoms with van der Waals surface area (Å²) in [4.78, 5) is 22.7. The van der Waals surface area contributed by atoms with Crippen molar-refractivity contribution in [3.63, 3.8) is 0 Å². The van der Waals surface area contributed by atoms with E-state index in [1.54, 1.807) is 17.9 Å². The summed E-state index contributed by atoms with van der Waals surface area (Å²) >= 11 is 0. The number of anilines is 1. The Morgan fingerprint density at radius 3 is 2.52 bits per heavy atom. The Bertz CT molecular complexity index is 1420. The van der Waals surface area contributed by atoms with Gasteiger partial charge < -0.3 is 24.8 Å². The monoisotopic (exact) mass is 441 g/mol. The molecule has 3 heterocycles.